The fourth-order valence-corrected chi connectivity index (χ4v) is 5.34. The Balaban J connectivity index is 1.60. The Morgan fingerprint density at radius 1 is 1.29 bits per heavy atom. The summed E-state index contributed by atoms with van der Waals surface area (Å²) in [5, 5.41) is 4.09. The molecule has 3 aromatic rings. The predicted molar refractivity (Wildman–Crippen MR) is 140 cm³/mol. The van der Waals surface area contributed by atoms with Crippen LogP contribution >= 0.6 is 7.75 Å². The van der Waals surface area contributed by atoms with E-state index in [-0.39, 0.29) is 5.75 Å². The molecule has 12 heteroatoms. The van der Waals surface area contributed by atoms with Gasteiger partial charge in [-0.2, -0.15) is 5.09 Å². The summed E-state index contributed by atoms with van der Waals surface area (Å²) in [6.45, 7) is 2.52. The largest absolute Gasteiger partial charge is 0.468 e. The van der Waals surface area contributed by atoms with E-state index in [2.05, 4.69) is 16.0 Å². The van der Waals surface area contributed by atoms with E-state index in [0.29, 0.717) is 10.9 Å². The molecule has 0 radical (unpaired) electrons. The van der Waals surface area contributed by atoms with Crippen molar-refractivity contribution in [2.45, 2.75) is 31.7 Å². The van der Waals surface area contributed by atoms with Gasteiger partial charge in [0.15, 0.2) is 11.8 Å². The minimum Gasteiger partial charge on any atom is -0.468 e. The van der Waals surface area contributed by atoms with Crippen molar-refractivity contribution in [3.63, 3.8) is 0 Å². The van der Waals surface area contributed by atoms with Crippen molar-refractivity contribution in [2.24, 2.45) is 0 Å². The van der Waals surface area contributed by atoms with Crippen LogP contribution in [0, 0.1) is 19.3 Å². The Morgan fingerprint density at radius 2 is 2.03 bits per heavy atom. The Morgan fingerprint density at radius 3 is 2.76 bits per heavy atom. The third-order valence-electron chi connectivity index (χ3n) is 5.85. The summed E-state index contributed by atoms with van der Waals surface area (Å²) in [4.78, 5) is 38.3. The van der Waals surface area contributed by atoms with Crippen LogP contribution in [0.1, 0.15) is 18.7 Å². The molecular formula is C26H26N3O8P. The van der Waals surface area contributed by atoms with Gasteiger partial charge in [0, 0.05) is 17.1 Å². The zero-order valence-electron chi connectivity index (χ0n) is 20.9. The Kier molecular flexibility index (Phi) is 7.71. The number of hydrogen-bond acceptors (Lipinski definition) is 8. The van der Waals surface area contributed by atoms with Gasteiger partial charge < -0.3 is 14.0 Å². The molecule has 198 valence electrons. The molecule has 0 saturated heterocycles. The number of terminal acetylenes is 1. The van der Waals surface area contributed by atoms with Crippen LogP contribution < -0.4 is 20.9 Å². The van der Waals surface area contributed by atoms with E-state index in [9.17, 15) is 18.9 Å². The molecule has 1 aliphatic heterocycles. The van der Waals surface area contributed by atoms with Gasteiger partial charge in [-0.25, -0.2) is 9.36 Å². The van der Waals surface area contributed by atoms with Crippen LogP contribution in [0.5, 0.6) is 5.75 Å². The number of fused-ring (bicyclic) bond motifs is 1. The van der Waals surface area contributed by atoms with Gasteiger partial charge in [-0.15, -0.1) is 6.42 Å². The quantitative estimate of drug-likeness (QED) is 0.182. The molecule has 0 amide bonds. The Hall–Kier alpha value is -3.94. The number of benzene rings is 2. The molecule has 0 bridgehead atoms. The number of aromatic nitrogens is 2. The summed E-state index contributed by atoms with van der Waals surface area (Å²) in [6, 6.07) is 11.5. The molecule has 11 nitrogen and oxygen atoms in total. The number of carbonyl (C=O) groups excluding carboxylic acids is 1. The molecule has 0 spiro atoms. The van der Waals surface area contributed by atoms with Gasteiger partial charge in [0.2, 0.25) is 0 Å². The van der Waals surface area contributed by atoms with Crippen LogP contribution in [-0.2, 0) is 23.4 Å². The highest BCUT2D eigenvalue weighted by Crippen LogP contribution is 2.48. The van der Waals surface area contributed by atoms with Crippen molar-refractivity contribution >= 4 is 24.5 Å². The molecule has 4 atom stereocenters. The number of methoxy groups -OCH3 is 1. The highest BCUT2D eigenvalue weighted by Gasteiger charge is 2.40. The number of esters is 1. The summed E-state index contributed by atoms with van der Waals surface area (Å²) >= 11 is 0. The number of aryl methyl sites for hydroxylation is 1. The molecule has 2 aromatic carbocycles. The normalized spacial score (nSPS) is 20.9. The topological polar surface area (TPSA) is 138 Å². The van der Waals surface area contributed by atoms with Crippen molar-refractivity contribution in [3.05, 3.63) is 87.2 Å². The zero-order chi connectivity index (χ0) is 27.5. The van der Waals surface area contributed by atoms with Gasteiger partial charge in [0.1, 0.15) is 18.4 Å². The van der Waals surface area contributed by atoms with E-state index in [1.165, 1.54) is 32.4 Å². The van der Waals surface area contributed by atoms with Crippen molar-refractivity contribution in [1.82, 2.24) is 14.6 Å². The maximum atomic E-state index is 14.0. The lowest BCUT2D eigenvalue weighted by Gasteiger charge is -2.28. The lowest BCUT2D eigenvalue weighted by atomic mass is 10.1. The maximum Gasteiger partial charge on any atom is 0.459 e. The van der Waals surface area contributed by atoms with Gasteiger partial charge in [0.05, 0.1) is 7.11 Å². The summed E-state index contributed by atoms with van der Waals surface area (Å²) < 4.78 is 37.4. The van der Waals surface area contributed by atoms with E-state index in [4.69, 9.17) is 24.9 Å². The number of aromatic amines is 1. The standard InChI is InChI=1S/C26H26N3O8P/c1-5-26(14-13-22(36-26)29-15-17(2)23(30)27-25(29)32)16-35-38(33,28-18(3)24(31)34-4)37-21-12-8-10-19-9-6-7-11-20(19)21/h1,6-15,18,22H,16H2,2-4H3,(H,28,33)(H,27,30,32)/t18-,22+,26-,38-/m0/s1. The second kappa shape index (κ2) is 10.8. The molecule has 1 aromatic heterocycles. The van der Waals surface area contributed by atoms with Crippen molar-refractivity contribution in [3.8, 4) is 18.1 Å². The van der Waals surface area contributed by atoms with E-state index in [1.807, 2.05) is 18.2 Å². The molecular weight excluding hydrogens is 513 g/mol. The lowest BCUT2D eigenvalue weighted by Crippen LogP contribution is -2.39. The SMILES string of the molecule is C#C[C@@]1(CO[P@@](=O)(N[C@@H](C)C(=O)OC)Oc2cccc3ccccc23)C=C[C@H](n2cc(C)c(=O)[nH]c2=O)O1. The fraction of sp³-hybridized carbons (Fsp3) is 0.269. The number of carbonyl (C=O) groups is 1. The van der Waals surface area contributed by atoms with Crippen molar-refractivity contribution in [1.29, 1.82) is 0 Å². The monoisotopic (exact) mass is 539 g/mol. The first-order valence-corrected chi connectivity index (χ1v) is 13.1. The third-order valence-corrected chi connectivity index (χ3v) is 7.46. The molecule has 0 aliphatic carbocycles. The molecule has 2 N–H and O–H groups in total. The maximum absolute atomic E-state index is 14.0. The lowest BCUT2D eigenvalue weighted by molar-refractivity contribution is -0.142. The number of nitrogens with zero attached hydrogens (tertiary/aromatic N) is 1. The van der Waals surface area contributed by atoms with Crippen LogP contribution in [0.25, 0.3) is 10.8 Å². The Bertz CT molecular complexity index is 1600. The minimum atomic E-state index is -4.27. The van der Waals surface area contributed by atoms with Gasteiger partial charge in [0.25, 0.3) is 5.56 Å². The summed E-state index contributed by atoms with van der Waals surface area (Å²) in [5.41, 5.74) is -2.45. The summed E-state index contributed by atoms with van der Waals surface area (Å²) in [6.07, 6.45) is 9.14. The number of nitrogens with one attached hydrogen (secondary N) is 2. The highest BCUT2D eigenvalue weighted by atomic mass is 31.2. The minimum absolute atomic E-state index is 0.252. The first-order chi connectivity index (χ1) is 18.1. The van der Waals surface area contributed by atoms with Crippen molar-refractivity contribution < 1.29 is 27.9 Å². The number of rotatable bonds is 9. The van der Waals surface area contributed by atoms with Crippen LogP contribution in [0.15, 0.2) is 70.4 Å². The predicted octanol–water partition coefficient (Wildman–Crippen LogP) is 2.81. The molecule has 0 unspecified atom stereocenters. The van der Waals surface area contributed by atoms with Gasteiger partial charge in [-0.1, -0.05) is 42.3 Å². The molecule has 2 heterocycles. The second-order valence-corrected chi connectivity index (χ2v) is 10.3. The zero-order valence-corrected chi connectivity index (χ0v) is 21.8. The smallest absolute Gasteiger partial charge is 0.459 e. The van der Waals surface area contributed by atoms with Gasteiger partial charge in [-0.3, -0.25) is 23.7 Å². The molecule has 4 rings (SSSR count). The number of hydrogen-bond donors (Lipinski definition) is 2. The average molecular weight is 539 g/mol. The Labute approximate surface area is 218 Å². The van der Waals surface area contributed by atoms with E-state index >= 15 is 0 Å². The second-order valence-electron chi connectivity index (χ2n) is 8.59. The fourth-order valence-electron chi connectivity index (χ4n) is 3.80. The number of ether oxygens (including phenoxy) is 2. The average Bonchev–Trinajstić information content (AvgIpc) is 3.34. The molecule has 0 saturated carbocycles. The van der Waals surface area contributed by atoms with E-state index in [0.717, 1.165) is 9.95 Å². The summed E-state index contributed by atoms with van der Waals surface area (Å²) in [5.74, 6) is 2.02. The molecule has 38 heavy (non-hydrogen) atoms. The van der Waals surface area contributed by atoms with Gasteiger partial charge in [-0.05, 0) is 37.5 Å². The first-order valence-electron chi connectivity index (χ1n) is 11.5. The van der Waals surface area contributed by atoms with E-state index < -0.39 is 49.4 Å². The van der Waals surface area contributed by atoms with Crippen LogP contribution in [-0.4, -0.2) is 40.9 Å². The molecule has 1 aliphatic rings. The van der Waals surface area contributed by atoms with E-state index in [1.54, 1.807) is 31.2 Å². The highest BCUT2D eigenvalue weighted by molar-refractivity contribution is 7.52. The third kappa shape index (κ3) is 5.64. The van der Waals surface area contributed by atoms with Crippen molar-refractivity contribution in [2.75, 3.05) is 13.7 Å². The van der Waals surface area contributed by atoms with Crippen LogP contribution in [0.4, 0.5) is 0 Å². The number of H-pyrrole nitrogens is 1. The van der Waals surface area contributed by atoms with Gasteiger partial charge >= 0.3 is 19.4 Å². The summed E-state index contributed by atoms with van der Waals surface area (Å²) in [7, 11) is -3.07. The van der Waals surface area contributed by atoms with Crippen LogP contribution in [0.3, 0.4) is 0 Å². The first kappa shape index (κ1) is 27.1. The molecule has 0 fully saturated rings. The van der Waals surface area contributed by atoms with Crippen LogP contribution in [0.2, 0.25) is 0 Å².